The van der Waals surface area contributed by atoms with E-state index >= 15 is 0 Å². The Hall–Kier alpha value is -0.0400. The number of nitrogens with zero attached hydrogens (tertiary/aromatic N) is 1. The SMILES string of the molecule is C1CC[C@H]2C[N]CC[C@@H]2C1. The Morgan fingerprint density at radius 1 is 0.900 bits per heavy atom. The van der Waals surface area contributed by atoms with E-state index in [1.54, 1.807) is 0 Å². The standard InChI is InChI=1S/C9H16N/c1-2-4-9-7-10-6-5-8(9)3-1/h8-9H,1-7H2/t8-,9-/m0/s1. The Kier molecular flexibility index (Phi) is 1.94. The van der Waals surface area contributed by atoms with Gasteiger partial charge in [0.25, 0.3) is 0 Å². The summed E-state index contributed by atoms with van der Waals surface area (Å²) in [6, 6.07) is 0. The number of hydrogen-bond donors (Lipinski definition) is 0. The summed E-state index contributed by atoms with van der Waals surface area (Å²) in [5.41, 5.74) is 0. The second-order valence-electron chi connectivity index (χ2n) is 3.72. The van der Waals surface area contributed by atoms with Gasteiger partial charge in [-0.1, -0.05) is 19.3 Å². The van der Waals surface area contributed by atoms with Gasteiger partial charge in [-0.25, -0.2) is 5.32 Å². The summed E-state index contributed by atoms with van der Waals surface area (Å²) < 4.78 is 0. The maximum atomic E-state index is 4.46. The lowest BCUT2D eigenvalue weighted by Crippen LogP contribution is -2.34. The first kappa shape index (κ1) is 6.66. The molecule has 2 fully saturated rings. The van der Waals surface area contributed by atoms with Crippen LogP contribution in [0.1, 0.15) is 32.1 Å². The van der Waals surface area contributed by atoms with Crippen molar-refractivity contribution >= 4 is 0 Å². The van der Waals surface area contributed by atoms with E-state index in [0.29, 0.717) is 0 Å². The van der Waals surface area contributed by atoms with Gasteiger partial charge < -0.3 is 0 Å². The van der Waals surface area contributed by atoms with Crippen LogP contribution in [0.2, 0.25) is 0 Å². The molecule has 1 radical (unpaired) electrons. The molecule has 2 rings (SSSR count). The topological polar surface area (TPSA) is 14.1 Å². The molecule has 0 bridgehead atoms. The first-order valence-corrected chi connectivity index (χ1v) is 4.60. The molecule has 1 heteroatoms. The fraction of sp³-hybridized carbons (Fsp3) is 1.00. The molecule has 1 nitrogen and oxygen atoms in total. The number of rotatable bonds is 0. The molecule has 1 aliphatic heterocycles. The van der Waals surface area contributed by atoms with Gasteiger partial charge in [0.15, 0.2) is 0 Å². The zero-order valence-electron chi connectivity index (χ0n) is 6.55. The van der Waals surface area contributed by atoms with Crippen molar-refractivity contribution in [1.82, 2.24) is 5.32 Å². The first-order chi connectivity index (χ1) is 4.97. The number of piperidine rings is 1. The number of fused-ring (bicyclic) bond motifs is 1. The third-order valence-corrected chi connectivity index (χ3v) is 3.09. The van der Waals surface area contributed by atoms with Crippen LogP contribution in [0.25, 0.3) is 0 Å². The molecule has 10 heavy (non-hydrogen) atoms. The zero-order valence-corrected chi connectivity index (χ0v) is 6.55. The van der Waals surface area contributed by atoms with Crippen LogP contribution in [0.4, 0.5) is 0 Å². The van der Waals surface area contributed by atoms with Crippen LogP contribution in [0.3, 0.4) is 0 Å². The van der Waals surface area contributed by atoms with Gasteiger partial charge in [0.1, 0.15) is 0 Å². The summed E-state index contributed by atoms with van der Waals surface area (Å²) in [4.78, 5) is 0. The molecule has 0 aromatic heterocycles. The van der Waals surface area contributed by atoms with Crippen LogP contribution in [-0.4, -0.2) is 13.1 Å². The van der Waals surface area contributed by atoms with Gasteiger partial charge in [0, 0.05) is 13.1 Å². The van der Waals surface area contributed by atoms with Crippen LogP contribution in [-0.2, 0) is 0 Å². The maximum Gasteiger partial charge on any atom is 0.0164 e. The Morgan fingerprint density at radius 3 is 2.50 bits per heavy atom. The van der Waals surface area contributed by atoms with Crippen molar-refractivity contribution in [3.63, 3.8) is 0 Å². The largest absolute Gasteiger partial charge is 0.241 e. The molecule has 2 aliphatic rings. The number of hydrogen-bond acceptors (Lipinski definition) is 0. The summed E-state index contributed by atoms with van der Waals surface area (Å²) in [5, 5.41) is 4.46. The molecule has 0 amide bonds. The maximum absolute atomic E-state index is 4.46. The summed E-state index contributed by atoms with van der Waals surface area (Å²) in [6.07, 6.45) is 7.32. The minimum atomic E-state index is 0.988. The average Bonchev–Trinajstić information content (AvgIpc) is 2.05. The van der Waals surface area contributed by atoms with Crippen molar-refractivity contribution in [3.05, 3.63) is 0 Å². The molecule has 2 atom stereocenters. The van der Waals surface area contributed by atoms with Crippen LogP contribution in [0, 0.1) is 11.8 Å². The lowest BCUT2D eigenvalue weighted by molar-refractivity contribution is 0.183. The van der Waals surface area contributed by atoms with Crippen molar-refractivity contribution in [2.24, 2.45) is 11.8 Å². The Balaban J connectivity index is 1.93. The van der Waals surface area contributed by atoms with Gasteiger partial charge in [0.2, 0.25) is 0 Å². The monoisotopic (exact) mass is 138 g/mol. The third kappa shape index (κ3) is 1.20. The van der Waals surface area contributed by atoms with Crippen LogP contribution >= 0.6 is 0 Å². The molecule has 0 aromatic carbocycles. The lowest BCUT2D eigenvalue weighted by Gasteiger charge is -2.34. The highest BCUT2D eigenvalue weighted by Gasteiger charge is 2.27. The zero-order chi connectivity index (χ0) is 6.81. The van der Waals surface area contributed by atoms with Gasteiger partial charge in [-0.15, -0.1) is 0 Å². The lowest BCUT2D eigenvalue weighted by atomic mass is 9.76. The van der Waals surface area contributed by atoms with Crippen LogP contribution in [0.15, 0.2) is 0 Å². The molecule has 0 N–H and O–H groups in total. The molecule has 1 saturated carbocycles. The Bertz CT molecular complexity index is 85.3. The molecule has 0 unspecified atom stereocenters. The summed E-state index contributed by atoms with van der Waals surface area (Å²) >= 11 is 0. The van der Waals surface area contributed by atoms with Gasteiger partial charge in [0.05, 0.1) is 0 Å². The Labute approximate surface area is 63.2 Å². The fourth-order valence-corrected chi connectivity index (χ4v) is 2.42. The van der Waals surface area contributed by atoms with E-state index in [-0.39, 0.29) is 0 Å². The van der Waals surface area contributed by atoms with Crippen molar-refractivity contribution in [1.29, 1.82) is 0 Å². The van der Waals surface area contributed by atoms with E-state index in [1.165, 1.54) is 38.6 Å². The van der Waals surface area contributed by atoms with E-state index in [9.17, 15) is 0 Å². The van der Waals surface area contributed by atoms with E-state index in [0.717, 1.165) is 18.4 Å². The molecule has 1 aliphatic carbocycles. The normalized spacial score (nSPS) is 40.8. The predicted molar refractivity (Wildman–Crippen MR) is 41.9 cm³/mol. The fourth-order valence-electron chi connectivity index (χ4n) is 2.42. The van der Waals surface area contributed by atoms with Gasteiger partial charge in [-0.2, -0.15) is 0 Å². The third-order valence-electron chi connectivity index (χ3n) is 3.09. The van der Waals surface area contributed by atoms with E-state index < -0.39 is 0 Å². The highest BCUT2D eigenvalue weighted by atomic mass is 14.9. The highest BCUT2D eigenvalue weighted by molar-refractivity contribution is 4.80. The van der Waals surface area contributed by atoms with Crippen LogP contribution < -0.4 is 5.32 Å². The van der Waals surface area contributed by atoms with Gasteiger partial charge in [-0.05, 0) is 24.7 Å². The first-order valence-electron chi connectivity index (χ1n) is 4.60. The Morgan fingerprint density at radius 2 is 1.70 bits per heavy atom. The highest BCUT2D eigenvalue weighted by Crippen LogP contribution is 2.33. The van der Waals surface area contributed by atoms with Crippen molar-refractivity contribution in [3.8, 4) is 0 Å². The van der Waals surface area contributed by atoms with Crippen LogP contribution in [0.5, 0.6) is 0 Å². The van der Waals surface area contributed by atoms with E-state index in [1.807, 2.05) is 0 Å². The quantitative estimate of drug-likeness (QED) is 0.484. The summed E-state index contributed by atoms with van der Waals surface area (Å²) in [6.45, 7) is 2.34. The second-order valence-corrected chi connectivity index (χ2v) is 3.72. The molecular formula is C9H16N. The van der Waals surface area contributed by atoms with E-state index in [2.05, 4.69) is 5.32 Å². The second kappa shape index (κ2) is 2.91. The van der Waals surface area contributed by atoms with Crippen molar-refractivity contribution < 1.29 is 0 Å². The molecule has 1 heterocycles. The molecular weight excluding hydrogens is 122 g/mol. The summed E-state index contributed by atoms with van der Waals surface area (Å²) in [7, 11) is 0. The minimum absolute atomic E-state index is 0.988. The molecule has 57 valence electrons. The summed E-state index contributed by atoms with van der Waals surface area (Å²) in [5.74, 6) is 2.05. The molecule has 1 saturated heterocycles. The van der Waals surface area contributed by atoms with Gasteiger partial charge in [-0.3, -0.25) is 0 Å². The van der Waals surface area contributed by atoms with Crippen molar-refractivity contribution in [2.75, 3.05) is 13.1 Å². The van der Waals surface area contributed by atoms with E-state index in [4.69, 9.17) is 0 Å². The smallest absolute Gasteiger partial charge is 0.0164 e. The molecule has 0 aromatic rings. The average molecular weight is 138 g/mol. The molecule has 0 spiro atoms. The predicted octanol–water partition coefficient (Wildman–Crippen LogP) is 1.80. The van der Waals surface area contributed by atoms with Gasteiger partial charge >= 0.3 is 0 Å². The minimum Gasteiger partial charge on any atom is -0.241 e. The van der Waals surface area contributed by atoms with Crippen molar-refractivity contribution in [2.45, 2.75) is 32.1 Å².